The van der Waals surface area contributed by atoms with Gasteiger partial charge in [0.1, 0.15) is 0 Å². The van der Waals surface area contributed by atoms with Gasteiger partial charge in [-0.05, 0) is 51.1 Å². The zero-order chi connectivity index (χ0) is 18.6. The van der Waals surface area contributed by atoms with Crippen molar-refractivity contribution in [2.45, 2.75) is 37.1 Å². The van der Waals surface area contributed by atoms with E-state index in [4.69, 9.17) is 4.74 Å². The van der Waals surface area contributed by atoms with Crippen LogP contribution in [0.25, 0.3) is 0 Å². The molecule has 144 valence electrons. The number of hydrogen-bond acceptors (Lipinski definition) is 5. The monoisotopic (exact) mass is 381 g/mol. The number of likely N-dealkylation sites (tertiary alicyclic amines) is 1. The number of benzene rings is 1. The fourth-order valence-corrected chi connectivity index (χ4v) is 4.84. The molecule has 2 aliphatic rings. The van der Waals surface area contributed by atoms with Crippen molar-refractivity contribution >= 4 is 21.6 Å². The predicted octanol–water partition coefficient (Wildman–Crippen LogP) is 1.52. The molecule has 0 aromatic heterocycles. The summed E-state index contributed by atoms with van der Waals surface area (Å²) in [5.74, 6) is -0.104. The summed E-state index contributed by atoms with van der Waals surface area (Å²) in [5, 5.41) is 2.87. The molecule has 2 aliphatic heterocycles. The summed E-state index contributed by atoms with van der Waals surface area (Å²) < 4.78 is 32.2. The molecule has 0 radical (unpaired) electrons. The van der Waals surface area contributed by atoms with Gasteiger partial charge >= 0.3 is 0 Å². The highest BCUT2D eigenvalue weighted by molar-refractivity contribution is 7.89. The van der Waals surface area contributed by atoms with Crippen LogP contribution in [-0.4, -0.2) is 69.0 Å². The lowest BCUT2D eigenvalue weighted by atomic mass is 10.1. The average molecular weight is 381 g/mol. The maximum atomic E-state index is 12.8. The van der Waals surface area contributed by atoms with Crippen molar-refractivity contribution in [1.29, 1.82) is 0 Å². The lowest BCUT2D eigenvalue weighted by Gasteiger charge is -2.31. The highest BCUT2D eigenvalue weighted by Gasteiger charge is 2.27. The third-order valence-electron chi connectivity index (χ3n) is 5.03. The molecule has 1 aromatic rings. The maximum Gasteiger partial charge on any atom is 0.243 e. The van der Waals surface area contributed by atoms with Gasteiger partial charge in [-0.1, -0.05) is 12.5 Å². The molecule has 2 fully saturated rings. The van der Waals surface area contributed by atoms with Crippen molar-refractivity contribution < 1.29 is 17.9 Å². The van der Waals surface area contributed by atoms with E-state index in [1.807, 2.05) is 6.92 Å². The Labute approximate surface area is 155 Å². The van der Waals surface area contributed by atoms with E-state index < -0.39 is 10.0 Å². The number of nitrogens with one attached hydrogen (secondary N) is 1. The zero-order valence-corrected chi connectivity index (χ0v) is 16.0. The minimum absolute atomic E-state index is 0.104. The van der Waals surface area contributed by atoms with Crippen LogP contribution in [0.2, 0.25) is 0 Å². The fraction of sp³-hybridized carbons (Fsp3) is 0.611. The number of nitrogens with zero attached hydrogens (tertiary/aromatic N) is 2. The Balaban J connectivity index is 1.69. The second-order valence-electron chi connectivity index (χ2n) is 6.81. The van der Waals surface area contributed by atoms with Crippen LogP contribution in [0.4, 0.5) is 5.69 Å². The quantitative estimate of drug-likeness (QED) is 0.837. The van der Waals surface area contributed by atoms with Crippen LogP contribution in [0.1, 0.15) is 26.2 Å². The number of carbonyl (C=O) groups excluding carboxylic acids is 1. The van der Waals surface area contributed by atoms with Gasteiger partial charge in [0.15, 0.2) is 0 Å². The largest absolute Gasteiger partial charge is 0.379 e. The van der Waals surface area contributed by atoms with Gasteiger partial charge in [-0.25, -0.2) is 8.42 Å². The first-order valence-corrected chi connectivity index (χ1v) is 10.7. The van der Waals surface area contributed by atoms with Crippen LogP contribution >= 0.6 is 0 Å². The van der Waals surface area contributed by atoms with E-state index in [-0.39, 0.29) is 16.8 Å². The molecular formula is C18H27N3O4S. The Morgan fingerprint density at radius 2 is 1.81 bits per heavy atom. The van der Waals surface area contributed by atoms with Crippen molar-refractivity contribution in [3.05, 3.63) is 24.3 Å². The van der Waals surface area contributed by atoms with E-state index in [0.29, 0.717) is 32.0 Å². The number of piperidine rings is 1. The molecule has 2 saturated heterocycles. The number of anilines is 1. The Hall–Kier alpha value is -1.48. The molecule has 7 nitrogen and oxygen atoms in total. The molecule has 26 heavy (non-hydrogen) atoms. The molecule has 0 aliphatic carbocycles. The zero-order valence-electron chi connectivity index (χ0n) is 15.2. The molecule has 1 amide bonds. The molecule has 1 aromatic carbocycles. The van der Waals surface area contributed by atoms with Gasteiger partial charge in [-0.15, -0.1) is 0 Å². The van der Waals surface area contributed by atoms with Crippen LogP contribution in [0.3, 0.4) is 0 Å². The molecule has 8 heteroatoms. The minimum atomic E-state index is -3.57. The number of ether oxygens (including phenoxy) is 1. The number of rotatable bonds is 5. The first-order chi connectivity index (χ1) is 12.5. The highest BCUT2D eigenvalue weighted by Crippen LogP contribution is 2.21. The Kier molecular flexibility index (Phi) is 6.29. The maximum absolute atomic E-state index is 12.8. The SMILES string of the molecule is C[C@@H](C(=O)Nc1cccc(S(=O)(=O)N2CCOCC2)c1)N1CCCCC1. The van der Waals surface area contributed by atoms with E-state index >= 15 is 0 Å². The third-order valence-corrected chi connectivity index (χ3v) is 6.92. The molecule has 3 rings (SSSR count). The number of amides is 1. The van der Waals surface area contributed by atoms with E-state index in [9.17, 15) is 13.2 Å². The molecular weight excluding hydrogens is 354 g/mol. The number of morpholine rings is 1. The summed E-state index contributed by atoms with van der Waals surface area (Å²) in [6, 6.07) is 6.25. The summed E-state index contributed by atoms with van der Waals surface area (Å²) in [4.78, 5) is 14.9. The number of carbonyl (C=O) groups is 1. The number of sulfonamides is 1. The number of hydrogen-bond donors (Lipinski definition) is 1. The third kappa shape index (κ3) is 4.43. The second-order valence-corrected chi connectivity index (χ2v) is 8.74. The average Bonchev–Trinajstić information content (AvgIpc) is 2.69. The topological polar surface area (TPSA) is 79.0 Å². The molecule has 1 N–H and O–H groups in total. The normalized spacial score (nSPS) is 21.3. The highest BCUT2D eigenvalue weighted by atomic mass is 32.2. The van der Waals surface area contributed by atoms with E-state index in [2.05, 4.69) is 10.2 Å². The molecule has 0 bridgehead atoms. The lowest BCUT2D eigenvalue weighted by molar-refractivity contribution is -0.121. The van der Waals surface area contributed by atoms with Crippen LogP contribution in [0.5, 0.6) is 0 Å². The first-order valence-electron chi connectivity index (χ1n) is 9.21. The summed E-state index contributed by atoms with van der Waals surface area (Å²) in [6.45, 7) is 5.27. The van der Waals surface area contributed by atoms with Gasteiger partial charge in [-0.3, -0.25) is 9.69 Å². The van der Waals surface area contributed by atoms with Gasteiger partial charge in [0.25, 0.3) is 0 Å². The van der Waals surface area contributed by atoms with Crippen molar-refractivity contribution in [3.8, 4) is 0 Å². The lowest BCUT2D eigenvalue weighted by Crippen LogP contribution is -2.44. The smallest absolute Gasteiger partial charge is 0.243 e. The predicted molar refractivity (Wildman–Crippen MR) is 99.5 cm³/mol. The second kappa shape index (κ2) is 8.47. The molecule has 0 unspecified atom stereocenters. The molecule has 1 atom stereocenters. The van der Waals surface area contributed by atoms with Crippen LogP contribution in [0.15, 0.2) is 29.2 Å². The summed E-state index contributed by atoms with van der Waals surface area (Å²) in [6.07, 6.45) is 3.45. The van der Waals surface area contributed by atoms with Crippen molar-refractivity contribution in [3.63, 3.8) is 0 Å². The fourth-order valence-electron chi connectivity index (χ4n) is 3.39. The molecule has 2 heterocycles. The van der Waals surface area contributed by atoms with Crippen molar-refractivity contribution in [1.82, 2.24) is 9.21 Å². The van der Waals surface area contributed by atoms with Crippen LogP contribution < -0.4 is 5.32 Å². The summed E-state index contributed by atoms with van der Waals surface area (Å²) in [5.41, 5.74) is 0.508. The molecule has 0 spiro atoms. The Morgan fingerprint density at radius 3 is 2.50 bits per heavy atom. The van der Waals surface area contributed by atoms with Gasteiger partial charge < -0.3 is 10.1 Å². The van der Waals surface area contributed by atoms with Gasteiger partial charge in [-0.2, -0.15) is 4.31 Å². The van der Waals surface area contributed by atoms with Gasteiger partial charge in [0, 0.05) is 18.8 Å². The van der Waals surface area contributed by atoms with E-state index in [0.717, 1.165) is 25.9 Å². The standard InChI is InChI=1S/C18H27N3O4S/c1-15(20-8-3-2-4-9-20)18(22)19-16-6-5-7-17(14-16)26(23,24)21-10-12-25-13-11-21/h5-7,14-15H,2-4,8-13H2,1H3,(H,19,22)/t15-/m0/s1. The summed E-state index contributed by atoms with van der Waals surface area (Å²) >= 11 is 0. The molecule has 0 saturated carbocycles. The Bertz CT molecular complexity index is 726. The van der Waals surface area contributed by atoms with E-state index in [1.54, 1.807) is 18.2 Å². The summed E-state index contributed by atoms with van der Waals surface area (Å²) in [7, 11) is -3.57. The van der Waals surface area contributed by atoms with E-state index in [1.165, 1.54) is 16.8 Å². The first kappa shape index (κ1) is 19.3. The van der Waals surface area contributed by atoms with Gasteiger partial charge in [0.05, 0.1) is 24.2 Å². The minimum Gasteiger partial charge on any atom is -0.379 e. The van der Waals surface area contributed by atoms with Crippen molar-refractivity contribution in [2.75, 3.05) is 44.7 Å². The Morgan fingerprint density at radius 1 is 1.12 bits per heavy atom. The van der Waals surface area contributed by atoms with Crippen LogP contribution in [-0.2, 0) is 19.6 Å². The van der Waals surface area contributed by atoms with Crippen molar-refractivity contribution in [2.24, 2.45) is 0 Å². The van der Waals surface area contributed by atoms with Gasteiger partial charge in [0.2, 0.25) is 15.9 Å². The van der Waals surface area contributed by atoms with Crippen LogP contribution in [0, 0.1) is 0 Å².